The second-order valence-electron chi connectivity index (χ2n) is 4.38. The van der Waals surface area contributed by atoms with Gasteiger partial charge in [-0.05, 0) is 25.0 Å². The Morgan fingerprint density at radius 3 is 2.71 bits per heavy atom. The van der Waals surface area contributed by atoms with E-state index in [0.717, 1.165) is 18.6 Å². The zero-order valence-electron chi connectivity index (χ0n) is 8.27. The standard InChI is InChI=1S/C10H17F2NS/c11-10(12)4-1-2-8(6-10)13-9-3-5-14-7-9/h8-9,13H,1-7H2/t8-,9-/m1/s1. The molecule has 2 fully saturated rings. The predicted molar refractivity (Wildman–Crippen MR) is 56.1 cm³/mol. The molecule has 0 radical (unpaired) electrons. The van der Waals surface area contributed by atoms with Gasteiger partial charge < -0.3 is 5.32 Å². The quantitative estimate of drug-likeness (QED) is 0.769. The molecule has 1 saturated heterocycles. The second kappa shape index (κ2) is 4.35. The highest BCUT2D eigenvalue weighted by Gasteiger charge is 2.36. The molecule has 2 atom stereocenters. The van der Waals surface area contributed by atoms with Gasteiger partial charge in [0, 0.05) is 30.7 Å². The van der Waals surface area contributed by atoms with Gasteiger partial charge in [0.25, 0.3) is 0 Å². The van der Waals surface area contributed by atoms with Crippen LogP contribution in [0.2, 0.25) is 0 Å². The van der Waals surface area contributed by atoms with Crippen LogP contribution < -0.4 is 5.32 Å². The van der Waals surface area contributed by atoms with Crippen LogP contribution in [0.15, 0.2) is 0 Å². The highest BCUT2D eigenvalue weighted by molar-refractivity contribution is 7.99. The summed E-state index contributed by atoms with van der Waals surface area (Å²) in [4.78, 5) is 0. The van der Waals surface area contributed by atoms with Gasteiger partial charge in [0.15, 0.2) is 0 Å². The van der Waals surface area contributed by atoms with Crippen LogP contribution in [0.5, 0.6) is 0 Å². The number of alkyl halides is 2. The van der Waals surface area contributed by atoms with E-state index in [2.05, 4.69) is 5.32 Å². The number of hydrogen-bond acceptors (Lipinski definition) is 2. The first-order valence-electron chi connectivity index (χ1n) is 5.37. The van der Waals surface area contributed by atoms with E-state index in [1.807, 2.05) is 11.8 Å². The van der Waals surface area contributed by atoms with Gasteiger partial charge in [0.1, 0.15) is 0 Å². The molecule has 82 valence electrons. The van der Waals surface area contributed by atoms with E-state index < -0.39 is 5.92 Å². The minimum atomic E-state index is -2.42. The largest absolute Gasteiger partial charge is 0.310 e. The normalized spacial score (nSPS) is 37.3. The summed E-state index contributed by atoms with van der Waals surface area (Å²) in [6.07, 6.45) is 2.88. The van der Waals surface area contributed by atoms with E-state index in [9.17, 15) is 8.78 Å². The molecular weight excluding hydrogens is 204 g/mol. The summed E-state index contributed by atoms with van der Waals surface area (Å²) in [5, 5.41) is 3.37. The Morgan fingerprint density at radius 2 is 2.07 bits per heavy atom. The van der Waals surface area contributed by atoms with E-state index in [1.54, 1.807) is 0 Å². The molecular formula is C10H17F2NS. The van der Waals surface area contributed by atoms with Gasteiger partial charge in [0.2, 0.25) is 5.92 Å². The Bertz CT molecular complexity index is 193. The summed E-state index contributed by atoms with van der Waals surface area (Å²) in [6, 6.07) is 0.543. The molecule has 1 nitrogen and oxygen atoms in total. The first-order valence-corrected chi connectivity index (χ1v) is 6.53. The van der Waals surface area contributed by atoms with Crippen LogP contribution in [0.4, 0.5) is 8.78 Å². The molecule has 1 saturated carbocycles. The third-order valence-electron chi connectivity index (χ3n) is 3.04. The smallest absolute Gasteiger partial charge is 0.249 e. The zero-order valence-corrected chi connectivity index (χ0v) is 9.09. The maximum Gasteiger partial charge on any atom is 0.249 e. The van der Waals surface area contributed by atoms with Crippen LogP contribution in [-0.2, 0) is 0 Å². The minimum absolute atomic E-state index is 0.0498. The Hall–Kier alpha value is 0.170. The molecule has 0 aromatic rings. The molecule has 2 rings (SSSR count). The lowest BCUT2D eigenvalue weighted by atomic mass is 9.91. The van der Waals surface area contributed by atoms with Crippen molar-refractivity contribution >= 4 is 11.8 Å². The third kappa shape index (κ3) is 2.83. The van der Waals surface area contributed by atoms with Gasteiger partial charge in [-0.25, -0.2) is 8.78 Å². The van der Waals surface area contributed by atoms with Crippen molar-refractivity contribution in [2.45, 2.75) is 50.1 Å². The molecule has 0 aromatic heterocycles. The molecule has 0 spiro atoms. The summed E-state index contributed by atoms with van der Waals surface area (Å²) >= 11 is 1.92. The lowest BCUT2D eigenvalue weighted by Crippen LogP contribution is -2.44. The monoisotopic (exact) mass is 221 g/mol. The van der Waals surface area contributed by atoms with Crippen molar-refractivity contribution in [2.24, 2.45) is 0 Å². The number of thioether (sulfide) groups is 1. The number of hydrogen-bond donors (Lipinski definition) is 1. The third-order valence-corrected chi connectivity index (χ3v) is 4.20. The Kier molecular flexibility index (Phi) is 3.32. The summed E-state index contributed by atoms with van der Waals surface area (Å²) in [5.41, 5.74) is 0. The van der Waals surface area contributed by atoms with Crippen molar-refractivity contribution in [1.29, 1.82) is 0 Å². The average molecular weight is 221 g/mol. The average Bonchev–Trinajstić information content (AvgIpc) is 2.54. The SMILES string of the molecule is FC1(F)CCC[C@@H](N[C@@H]2CCSC2)C1. The predicted octanol–water partition coefficient (Wildman–Crippen LogP) is 2.66. The van der Waals surface area contributed by atoms with E-state index >= 15 is 0 Å². The summed E-state index contributed by atoms with van der Waals surface area (Å²) in [7, 11) is 0. The molecule has 0 amide bonds. The summed E-state index contributed by atoms with van der Waals surface area (Å²) in [6.45, 7) is 0. The molecule has 1 aliphatic heterocycles. The number of rotatable bonds is 2. The van der Waals surface area contributed by atoms with Crippen molar-refractivity contribution in [3.63, 3.8) is 0 Å². The van der Waals surface area contributed by atoms with Crippen molar-refractivity contribution in [1.82, 2.24) is 5.32 Å². The maximum absolute atomic E-state index is 13.1. The number of nitrogens with one attached hydrogen (secondary N) is 1. The highest BCUT2D eigenvalue weighted by atomic mass is 32.2. The van der Waals surface area contributed by atoms with Crippen LogP contribution in [0.3, 0.4) is 0 Å². The molecule has 0 unspecified atom stereocenters. The first kappa shape index (κ1) is 10.7. The summed E-state index contributed by atoms with van der Waals surface area (Å²) in [5.74, 6) is -0.134. The van der Waals surface area contributed by atoms with Gasteiger partial charge in [-0.3, -0.25) is 0 Å². The molecule has 14 heavy (non-hydrogen) atoms. The Balaban J connectivity index is 1.79. The summed E-state index contributed by atoms with van der Waals surface area (Å²) < 4.78 is 26.2. The Labute approximate surface area is 88.0 Å². The van der Waals surface area contributed by atoms with Crippen molar-refractivity contribution in [3.8, 4) is 0 Å². The fourth-order valence-corrected chi connectivity index (χ4v) is 3.48. The van der Waals surface area contributed by atoms with E-state index in [1.165, 1.54) is 5.75 Å². The topological polar surface area (TPSA) is 12.0 Å². The lowest BCUT2D eigenvalue weighted by Gasteiger charge is -2.31. The number of halogens is 2. The van der Waals surface area contributed by atoms with Crippen LogP contribution in [0, 0.1) is 0 Å². The maximum atomic E-state index is 13.1. The van der Waals surface area contributed by atoms with Gasteiger partial charge in [-0.2, -0.15) is 11.8 Å². The van der Waals surface area contributed by atoms with Crippen LogP contribution >= 0.6 is 11.8 Å². The van der Waals surface area contributed by atoms with Gasteiger partial charge in [0.05, 0.1) is 0 Å². The molecule has 2 aliphatic rings. The van der Waals surface area contributed by atoms with Crippen molar-refractivity contribution in [3.05, 3.63) is 0 Å². The first-order chi connectivity index (χ1) is 6.66. The van der Waals surface area contributed by atoms with Crippen molar-refractivity contribution < 1.29 is 8.78 Å². The van der Waals surface area contributed by atoms with E-state index in [4.69, 9.17) is 0 Å². The van der Waals surface area contributed by atoms with E-state index in [-0.39, 0.29) is 18.9 Å². The fourth-order valence-electron chi connectivity index (χ4n) is 2.31. The molecule has 1 aliphatic carbocycles. The van der Waals surface area contributed by atoms with Crippen LogP contribution in [-0.4, -0.2) is 29.5 Å². The van der Waals surface area contributed by atoms with Crippen LogP contribution in [0.25, 0.3) is 0 Å². The van der Waals surface area contributed by atoms with Gasteiger partial charge >= 0.3 is 0 Å². The molecule has 0 bridgehead atoms. The van der Waals surface area contributed by atoms with Crippen molar-refractivity contribution in [2.75, 3.05) is 11.5 Å². The fraction of sp³-hybridized carbons (Fsp3) is 1.00. The van der Waals surface area contributed by atoms with Crippen LogP contribution in [0.1, 0.15) is 32.1 Å². The molecule has 1 N–H and O–H groups in total. The Morgan fingerprint density at radius 1 is 1.21 bits per heavy atom. The molecule has 1 heterocycles. The molecule has 0 aromatic carbocycles. The zero-order chi connectivity index (χ0) is 10.0. The lowest BCUT2D eigenvalue weighted by molar-refractivity contribution is -0.0449. The second-order valence-corrected chi connectivity index (χ2v) is 5.53. The van der Waals surface area contributed by atoms with Gasteiger partial charge in [-0.1, -0.05) is 0 Å². The highest BCUT2D eigenvalue weighted by Crippen LogP contribution is 2.33. The van der Waals surface area contributed by atoms with E-state index in [0.29, 0.717) is 12.5 Å². The molecule has 4 heteroatoms. The minimum Gasteiger partial charge on any atom is -0.310 e. The van der Waals surface area contributed by atoms with Gasteiger partial charge in [-0.15, -0.1) is 0 Å².